The molecule has 0 atom stereocenters. The zero-order chi connectivity index (χ0) is 16.5. The van der Waals surface area contributed by atoms with Crippen LogP contribution in [0.25, 0.3) is 0 Å². The minimum Gasteiger partial charge on any atom is -0.493 e. The fraction of sp³-hybridized carbons (Fsp3) is 0.500. The molecule has 2 N–H and O–H groups in total. The Morgan fingerprint density at radius 3 is 2.71 bits per heavy atom. The molecule has 0 aromatic heterocycles. The SMILES string of the molecule is C=CCNC(=NC)NCc1cccc(OC)c1OC1CCCC1.I. The number of nitrogens with one attached hydrogen (secondary N) is 2. The van der Waals surface area contributed by atoms with Gasteiger partial charge in [-0.3, -0.25) is 4.99 Å². The first kappa shape index (κ1) is 20.6. The summed E-state index contributed by atoms with van der Waals surface area (Å²) in [6.45, 7) is 4.99. The number of guanidine groups is 1. The molecule has 1 saturated carbocycles. The van der Waals surface area contributed by atoms with E-state index in [0.29, 0.717) is 19.2 Å². The van der Waals surface area contributed by atoms with Gasteiger partial charge in [-0.05, 0) is 31.7 Å². The van der Waals surface area contributed by atoms with Crippen LogP contribution in [0.2, 0.25) is 0 Å². The van der Waals surface area contributed by atoms with E-state index < -0.39 is 0 Å². The Balaban J connectivity index is 0.00000288. The highest BCUT2D eigenvalue weighted by Crippen LogP contribution is 2.34. The van der Waals surface area contributed by atoms with Crippen molar-refractivity contribution in [2.24, 2.45) is 4.99 Å². The van der Waals surface area contributed by atoms with Gasteiger partial charge < -0.3 is 20.1 Å². The summed E-state index contributed by atoms with van der Waals surface area (Å²) < 4.78 is 11.7. The number of benzene rings is 1. The average Bonchev–Trinajstić information content (AvgIpc) is 3.09. The molecule has 1 fully saturated rings. The molecular formula is C18H28IN3O2. The lowest BCUT2D eigenvalue weighted by Gasteiger charge is -2.20. The number of rotatable bonds is 7. The van der Waals surface area contributed by atoms with Gasteiger partial charge in [-0.1, -0.05) is 18.2 Å². The smallest absolute Gasteiger partial charge is 0.191 e. The largest absolute Gasteiger partial charge is 0.493 e. The molecule has 6 heteroatoms. The Bertz CT molecular complexity index is 543. The molecule has 0 saturated heterocycles. The van der Waals surface area contributed by atoms with Crippen molar-refractivity contribution in [3.63, 3.8) is 0 Å². The first-order chi connectivity index (χ1) is 11.3. The topological polar surface area (TPSA) is 54.9 Å². The molecule has 0 aliphatic heterocycles. The van der Waals surface area contributed by atoms with Crippen LogP contribution in [0.15, 0.2) is 35.8 Å². The fourth-order valence-corrected chi connectivity index (χ4v) is 2.74. The van der Waals surface area contributed by atoms with Crippen molar-refractivity contribution in [2.45, 2.75) is 38.3 Å². The standard InChI is InChI=1S/C18H27N3O2.HI/c1-4-12-20-18(19-2)21-13-14-8-7-11-16(22-3)17(14)23-15-9-5-6-10-15;/h4,7-8,11,15H,1,5-6,9-10,12-13H2,2-3H3,(H2,19,20,21);1H. The van der Waals surface area contributed by atoms with Crippen molar-refractivity contribution in [3.05, 3.63) is 36.4 Å². The van der Waals surface area contributed by atoms with E-state index in [2.05, 4.69) is 28.3 Å². The molecule has 2 rings (SSSR count). The van der Waals surface area contributed by atoms with Gasteiger partial charge in [-0.2, -0.15) is 0 Å². The highest BCUT2D eigenvalue weighted by atomic mass is 127. The Morgan fingerprint density at radius 2 is 2.08 bits per heavy atom. The number of nitrogens with zero attached hydrogens (tertiary/aromatic N) is 1. The van der Waals surface area contributed by atoms with E-state index in [4.69, 9.17) is 9.47 Å². The second-order valence-corrected chi connectivity index (χ2v) is 5.57. The van der Waals surface area contributed by atoms with Crippen LogP contribution in [-0.2, 0) is 6.54 Å². The number of hydrogen-bond acceptors (Lipinski definition) is 3. The minimum absolute atomic E-state index is 0. The van der Waals surface area contributed by atoms with Crippen LogP contribution < -0.4 is 20.1 Å². The summed E-state index contributed by atoms with van der Waals surface area (Å²) in [4.78, 5) is 4.19. The zero-order valence-corrected chi connectivity index (χ0v) is 16.8. The molecule has 5 nitrogen and oxygen atoms in total. The second-order valence-electron chi connectivity index (χ2n) is 5.57. The van der Waals surface area contributed by atoms with Crippen LogP contribution in [0.4, 0.5) is 0 Å². The van der Waals surface area contributed by atoms with Crippen molar-refractivity contribution in [2.75, 3.05) is 20.7 Å². The molecule has 24 heavy (non-hydrogen) atoms. The quantitative estimate of drug-likeness (QED) is 0.292. The number of ether oxygens (including phenoxy) is 2. The summed E-state index contributed by atoms with van der Waals surface area (Å²) in [5.41, 5.74) is 1.07. The van der Waals surface area contributed by atoms with Gasteiger partial charge in [0, 0.05) is 25.7 Å². The number of aliphatic imine (C=N–C) groups is 1. The van der Waals surface area contributed by atoms with Crippen LogP contribution >= 0.6 is 24.0 Å². The molecule has 0 bridgehead atoms. The summed E-state index contributed by atoms with van der Waals surface area (Å²) in [6, 6.07) is 5.98. The predicted molar refractivity (Wildman–Crippen MR) is 110 cm³/mol. The number of methoxy groups -OCH3 is 1. The monoisotopic (exact) mass is 445 g/mol. The molecule has 0 heterocycles. The van der Waals surface area contributed by atoms with Gasteiger partial charge in [-0.15, -0.1) is 30.6 Å². The van der Waals surface area contributed by atoms with E-state index in [9.17, 15) is 0 Å². The molecule has 134 valence electrons. The van der Waals surface area contributed by atoms with E-state index in [1.165, 1.54) is 12.8 Å². The van der Waals surface area contributed by atoms with E-state index in [0.717, 1.165) is 35.9 Å². The van der Waals surface area contributed by atoms with E-state index in [1.807, 2.05) is 12.1 Å². The lowest BCUT2D eigenvalue weighted by atomic mass is 10.1. The third-order valence-corrected chi connectivity index (χ3v) is 3.95. The molecule has 1 aliphatic rings. The number of halogens is 1. The van der Waals surface area contributed by atoms with E-state index in [-0.39, 0.29) is 24.0 Å². The Hall–Kier alpha value is -1.44. The van der Waals surface area contributed by atoms with Gasteiger partial charge in [0.2, 0.25) is 0 Å². The van der Waals surface area contributed by atoms with Crippen LogP contribution in [0, 0.1) is 0 Å². The molecule has 0 unspecified atom stereocenters. The van der Waals surface area contributed by atoms with E-state index in [1.54, 1.807) is 20.2 Å². The minimum atomic E-state index is 0. The first-order valence-electron chi connectivity index (χ1n) is 8.16. The Morgan fingerprint density at radius 1 is 1.33 bits per heavy atom. The third-order valence-electron chi connectivity index (χ3n) is 3.95. The second kappa shape index (κ2) is 11.2. The van der Waals surface area contributed by atoms with Crippen LogP contribution in [0.3, 0.4) is 0 Å². The van der Waals surface area contributed by atoms with Gasteiger partial charge in [0.15, 0.2) is 17.5 Å². The van der Waals surface area contributed by atoms with Crippen molar-refractivity contribution in [3.8, 4) is 11.5 Å². The Kier molecular flexibility index (Phi) is 9.59. The fourth-order valence-electron chi connectivity index (χ4n) is 2.74. The molecule has 1 aromatic carbocycles. The van der Waals surface area contributed by atoms with Crippen LogP contribution in [-0.4, -0.2) is 32.8 Å². The highest BCUT2D eigenvalue weighted by molar-refractivity contribution is 14.0. The third kappa shape index (κ3) is 5.89. The number of hydrogen-bond donors (Lipinski definition) is 2. The van der Waals surface area contributed by atoms with Crippen molar-refractivity contribution >= 4 is 29.9 Å². The maximum atomic E-state index is 6.23. The molecule has 1 aliphatic carbocycles. The molecule has 0 radical (unpaired) electrons. The molecule has 0 spiro atoms. The number of para-hydroxylation sites is 1. The van der Waals surface area contributed by atoms with E-state index >= 15 is 0 Å². The lowest BCUT2D eigenvalue weighted by molar-refractivity contribution is 0.198. The summed E-state index contributed by atoms with van der Waals surface area (Å²) in [5.74, 6) is 2.36. The van der Waals surface area contributed by atoms with Crippen molar-refractivity contribution in [1.82, 2.24) is 10.6 Å². The van der Waals surface area contributed by atoms with Gasteiger partial charge in [0.25, 0.3) is 0 Å². The molecule has 1 aromatic rings. The highest BCUT2D eigenvalue weighted by Gasteiger charge is 2.20. The zero-order valence-electron chi connectivity index (χ0n) is 14.5. The summed E-state index contributed by atoms with van der Waals surface area (Å²) in [7, 11) is 3.43. The maximum absolute atomic E-state index is 6.23. The average molecular weight is 445 g/mol. The van der Waals surface area contributed by atoms with Gasteiger partial charge >= 0.3 is 0 Å². The summed E-state index contributed by atoms with van der Waals surface area (Å²) >= 11 is 0. The van der Waals surface area contributed by atoms with Gasteiger partial charge in [0.1, 0.15) is 0 Å². The first-order valence-corrected chi connectivity index (χ1v) is 8.16. The predicted octanol–water partition coefficient (Wildman–Crippen LogP) is 3.49. The molecular weight excluding hydrogens is 417 g/mol. The molecule has 0 amide bonds. The lowest BCUT2D eigenvalue weighted by Crippen LogP contribution is -2.36. The van der Waals surface area contributed by atoms with Crippen LogP contribution in [0.1, 0.15) is 31.2 Å². The van der Waals surface area contributed by atoms with Crippen molar-refractivity contribution < 1.29 is 9.47 Å². The van der Waals surface area contributed by atoms with Crippen molar-refractivity contribution in [1.29, 1.82) is 0 Å². The van der Waals surface area contributed by atoms with Gasteiger partial charge in [-0.25, -0.2) is 0 Å². The summed E-state index contributed by atoms with van der Waals surface area (Å²) in [5, 5.41) is 6.45. The summed E-state index contributed by atoms with van der Waals surface area (Å²) in [6.07, 6.45) is 6.81. The normalized spacial score (nSPS) is 14.7. The van der Waals surface area contributed by atoms with Crippen LogP contribution in [0.5, 0.6) is 11.5 Å². The maximum Gasteiger partial charge on any atom is 0.191 e. The van der Waals surface area contributed by atoms with Gasteiger partial charge in [0.05, 0.1) is 13.2 Å². The Labute approximate surface area is 161 Å².